The number of hydrogen-bond donors (Lipinski definition) is 1. The van der Waals surface area contributed by atoms with Gasteiger partial charge in [-0.25, -0.2) is 4.68 Å². The highest BCUT2D eigenvalue weighted by Gasteiger charge is 2.08. The third kappa shape index (κ3) is 3.77. The molecule has 0 spiro atoms. The number of aromatic nitrogens is 4. The first kappa shape index (κ1) is 13.5. The van der Waals surface area contributed by atoms with E-state index in [1.807, 2.05) is 28.9 Å². The van der Waals surface area contributed by atoms with E-state index in [1.54, 1.807) is 0 Å². The number of aryl methyl sites for hydroxylation is 1. The fourth-order valence-corrected chi connectivity index (χ4v) is 2.01. The molecule has 19 heavy (non-hydrogen) atoms. The first-order chi connectivity index (χ1) is 9.16. The van der Waals surface area contributed by atoms with Gasteiger partial charge in [0.25, 0.3) is 0 Å². The highest BCUT2D eigenvalue weighted by atomic mass is 15.5. The highest BCUT2D eigenvalue weighted by Crippen LogP contribution is 2.18. The third-order valence-corrected chi connectivity index (χ3v) is 3.10. The van der Waals surface area contributed by atoms with E-state index in [0.29, 0.717) is 0 Å². The zero-order valence-corrected chi connectivity index (χ0v) is 11.6. The van der Waals surface area contributed by atoms with Crippen molar-refractivity contribution in [1.29, 1.82) is 0 Å². The van der Waals surface area contributed by atoms with Crippen LogP contribution >= 0.6 is 0 Å². The number of unbranched alkanes of at least 4 members (excludes halogenated alkanes) is 1. The quantitative estimate of drug-likeness (QED) is 0.639. The average Bonchev–Trinajstić information content (AvgIpc) is 2.84. The van der Waals surface area contributed by atoms with Gasteiger partial charge in [0.1, 0.15) is 0 Å². The van der Waals surface area contributed by atoms with Crippen LogP contribution in [0.5, 0.6) is 0 Å². The Kier molecular flexibility index (Phi) is 4.49. The Labute approximate surface area is 113 Å². The predicted molar refractivity (Wildman–Crippen MR) is 76.4 cm³/mol. The van der Waals surface area contributed by atoms with Crippen LogP contribution in [0.15, 0.2) is 24.3 Å². The molecule has 0 atom stereocenters. The van der Waals surface area contributed by atoms with E-state index in [4.69, 9.17) is 5.73 Å². The van der Waals surface area contributed by atoms with Gasteiger partial charge < -0.3 is 5.73 Å². The Morgan fingerprint density at radius 1 is 1.16 bits per heavy atom. The largest absolute Gasteiger partial charge is 0.399 e. The summed E-state index contributed by atoms with van der Waals surface area (Å²) in [5.74, 6) is 1.56. The van der Waals surface area contributed by atoms with Crippen LogP contribution in [0.3, 0.4) is 0 Å². The maximum absolute atomic E-state index is 5.69. The number of nitrogen functional groups attached to an aromatic ring is 1. The minimum absolute atomic E-state index is 0.750. The van der Waals surface area contributed by atoms with Crippen molar-refractivity contribution in [3.8, 4) is 11.4 Å². The number of nitrogens with two attached hydrogens (primary N) is 1. The molecule has 0 amide bonds. The molecule has 2 aromatic rings. The molecule has 0 saturated carbocycles. The van der Waals surface area contributed by atoms with Gasteiger partial charge in [-0.05, 0) is 47.0 Å². The van der Waals surface area contributed by atoms with Crippen molar-refractivity contribution in [2.24, 2.45) is 5.92 Å². The van der Waals surface area contributed by atoms with Crippen LogP contribution in [-0.4, -0.2) is 20.2 Å². The Bertz CT molecular complexity index is 501. The molecule has 0 aliphatic rings. The number of benzene rings is 1. The topological polar surface area (TPSA) is 69.6 Å². The molecule has 1 heterocycles. The summed E-state index contributed by atoms with van der Waals surface area (Å²) >= 11 is 0. The number of tetrazole rings is 1. The Morgan fingerprint density at radius 2 is 1.89 bits per heavy atom. The van der Waals surface area contributed by atoms with Crippen LogP contribution in [0.4, 0.5) is 5.69 Å². The number of anilines is 1. The van der Waals surface area contributed by atoms with Crippen LogP contribution in [0.25, 0.3) is 11.4 Å². The fourth-order valence-electron chi connectivity index (χ4n) is 2.01. The van der Waals surface area contributed by atoms with Crippen LogP contribution in [0, 0.1) is 5.92 Å². The van der Waals surface area contributed by atoms with Gasteiger partial charge in [-0.15, -0.1) is 5.10 Å². The molecule has 5 nitrogen and oxygen atoms in total. The molecule has 1 aromatic carbocycles. The molecule has 0 unspecified atom stereocenters. The molecule has 0 aliphatic heterocycles. The summed E-state index contributed by atoms with van der Waals surface area (Å²) in [6, 6.07) is 7.64. The Hall–Kier alpha value is -1.91. The second-order valence-electron chi connectivity index (χ2n) is 5.24. The summed E-state index contributed by atoms with van der Waals surface area (Å²) < 4.78 is 1.87. The molecule has 5 heteroatoms. The van der Waals surface area contributed by atoms with Crippen molar-refractivity contribution < 1.29 is 0 Å². The minimum atomic E-state index is 0.750. The molecular weight excluding hydrogens is 238 g/mol. The third-order valence-electron chi connectivity index (χ3n) is 3.10. The van der Waals surface area contributed by atoms with Crippen LogP contribution in [0.2, 0.25) is 0 Å². The summed E-state index contributed by atoms with van der Waals surface area (Å²) in [5, 5.41) is 11.9. The first-order valence-electron chi connectivity index (χ1n) is 6.79. The number of nitrogens with zero attached hydrogens (tertiary/aromatic N) is 4. The maximum Gasteiger partial charge on any atom is 0.182 e. The van der Waals surface area contributed by atoms with E-state index >= 15 is 0 Å². The average molecular weight is 259 g/mol. The van der Waals surface area contributed by atoms with Crippen molar-refractivity contribution in [2.75, 3.05) is 5.73 Å². The summed E-state index contributed by atoms with van der Waals surface area (Å²) in [6.45, 7) is 5.35. The Balaban J connectivity index is 1.99. The normalized spacial score (nSPS) is 11.1. The van der Waals surface area contributed by atoms with E-state index in [1.165, 1.54) is 12.8 Å². The first-order valence-corrected chi connectivity index (χ1v) is 6.79. The molecule has 2 N–H and O–H groups in total. The monoisotopic (exact) mass is 259 g/mol. The summed E-state index contributed by atoms with van der Waals surface area (Å²) in [6.07, 6.45) is 3.56. The second-order valence-corrected chi connectivity index (χ2v) is 5.24. The Morgan fingerprint density at radius 3 is 2.58 bits per heavy atom. The van der Waals surface area contributed by atoms with E-state index in [0.717, 1.165) is 36.0 Å². The van der Waals surface area contributed by atoms with Gasteiger partial charge in [-0.2, -0.15) is 0 Å². The van der Waals surface area contributed by atoms with Crippen molar-refractivity contribution in [1.82, 2.24) is 20.2 Å². The molecule has 0 bridgehead atoms. The van der Waals surface area contributed by atoms with Gasteiger partial charge in [0.15, 0.2) is 5.82 Å². The lowest BCUT2D eigenvalue weighted by Gasteiger charge is -2.06. The lowest BCUT2D eigenvalue weighted by atomic mass is 10.1. The van der Waals surface area contributed by atoms with Gasteiger partial charge in [0.2, 0.25) is 0 Å². The van der Waals surface area contributed by atoms with E-state index < -0.39 is 0 Å². The maximum atomic E-state index is 5.69. The van der Waals surface area contributed by atoms with E-state index in [9.17, 15) is 0 Å². The lowest BCUT2D eigenvalue weighted by molar-refractivity contribution is 0.487. The van der Waals surface area contributed by atoms with Crippen molar-refractivity contribution in [3.05, 3.63) is 24.3 Å². The molecule has 0 radical (unpaired) electrons. The summed E-state index contributed by atoms with van der Waals surface area (Å²) in [5.41, 5.74) is 7.44. The molecule has 2 rings (SSSR count). The lowest BCUT2D eigenvalue weighted by Crippen LogP contribution is -2.03. The summed E-state index contributed by atoms with van der Waals surface area (Å²) in [4.78, 5) is 0. The summed E-state index contributed by atoms with van der Waals surface area (Å²) in [7, 11) is 0. The van der Waals surface area contributed by atoms with Gasteiger partial charge in [0, 0.05) is 17.8 Å². The van der Waals surface area contributed by atoms with Gasteiger partial charge >= 0.3 is 0 Å². The number of hydrogen-bond acceptors (Lipinski definition) is 4. The zero-order valence-electron chi connectivity index (χ0n) is 11.6. The minimum Gasteiger partial charge on any atom is -0.399 e. The van der Waals surface area contributed by atoms with Crippen LogP contribution in [-0.2, 0) is 6.54 Å². The SMILES string of the molecule is CC(C)CCCCn1nnnc1-c1ccc(N)cc1. The molecule has 0 fully saturated rings. The predicted octanol–water partition coefficient (Wildman–Crippen LogP) is 2.75. The molecule has 0 aliphatic carbocycles. The molecular formula is C14H21N5. The van der Waals surface area contributed by atoms with Crippen LogP contribution < -0.4 is 5.73 Å². The molecule has 1 aromatic heterocycles. The van der Waals surface area contributed by atoms with Gasteiger partial charge in [-0.1, -0.05) is 26.7 Å². The van der Waals surface area contributed by atoms with E-state index in [2.05, 4.69) is 29.4 Å². The van der Waals surface area contributed by atoms with Crippen LogP contribution in [0.1, 0.15) is 33.1 Å². The number of rotatable bonds is 6. The van der Waals surface area contributed by atoms with Gasteiger partial charge in [0.05, 0.1) is 0 Å². The van der Waals surface area contributed by atoms with Gasteiger partial charge in [-0.3, -0.25) is 0 Å². The molecule has 0 saturated heterocycles. The zero-order chi connectivity index (χ0) is 13.7. The van der Waals surface area contributed by atoms with Crippen molar-refractivity contribution >= 4 is 5.69 Å². The fraction of sp³-hybridized carbons (Fsp3) is 0.500. The highest BCUT2D eigenvalue weighted by molar-refractivity contribution is 5.58. The standard InChI is InChI=1S/C14H21N5/c1-11(2)5-3-4-10-19-14(16-17-18-19)12-6-8-13(15)9-7-12/h6-9,11H,3-5,10,15H2,1-2H3. The smallest absolute Gasteiger partial charge is 0.182 e. The van der Waals surface area contributed by atoms with Crippen molar-refractivity contribution in [3.63, 3.8) is 0 Å². The second kappa shape index (κ2) is 6.31. The van der Waals surface area contributed by atoms with E-state index in [-0.39, 0.29) is 0 Å². The molecule has 102 valence electrons. The van der Waals surface area contributed by atoms with Crippen molar-refractivity contribution in [2.45, 2.75) is 39.7 Å².